The Hall–Kier alpha value is -3.19. The van der Waals surface area contributed by atoms with Crippen LogP contribution >= 0.6 is 0 Å². The molecule has 0 unspecified atom stereocenters. The van der Waals surface area contributed by atoms with Crippen LogP contribution in [0.2, 0.25) is 0 Å². The number of hydrogen-bond donors (Lipinski definition) is 1. The summed E-state index contributed by atoms with van der Waals surface area (Å²) in [5.74, 6) is 1.56. The second-order valence-electron chi connectivity index (χ2n) is 6.38. The van der Waals surface area contributed by atoms with Gasteiger partial charge in [-0.25, -0.2) is 8.42 Å². The molecule has 0 aromatic heterocycles. The van der Waals surface area contributed by atoms with Gasteiger partial charge in [0.1, 0.15) is 12.4 Å². The van der Waals surface area contributed by atoms with Crippen LogP contribution in [0.5, 0.6) is 17.2 Å². The zero-order valence-corrected chi connectivity index (χ0v) is 17.8. The molecule has 3 rings (SSSR count). The third-order valence-electron chi connectivity index (χ3n) is 4.18. The van der Waals surface area contributed by atoms with E-state index in [0.717, 1.165) is 5.56 Å². The summed E-state index contributed by atoms with van der Waals surface area (Å²) in [6, 6.07) is 21.2. The summed E-state index contributed by atoms with van der Waals surface area (Å²) in [6.07, 6.45) is 0. The average Bonchev–Trinajstić information content (AvgIpc) is 2.75. The molecular weight excluding hydrogens is 402 g/mol. The van der Waals surface area contributed by atoms with Gasteiger partial charge in [-0.15, -0.1) is 0 Å². The van der Waals surface area contributed by atoms with Crippen LogP contribution in [-0.4, -0.2) is 21.6 Å². The lowest BCUT2D eigenvalue weighted by molar-refractivity contribution is 0.287. The van der Waals surface area contributed by atoms with Crippen LogP contribution in [0, 0.1) is 0 Å². The number of nitrogens with one attached hydrogen (secondary N) is 1. The molecule has 3 aromatic carbocycles. The van der Waals surface area contributed by atoms with E-state index in [1.807, 2.05) is 44.2 Å². The first-order valence-electron chi connectivity index (χ1n) is 9.71. The molecule has 3 aromatic rings. The Labute approximate surface area is 177 Å². The molecular formula is C23H25NO5S. The summed E-state index contributed by atoms with van der Waals surface area (Å²) >= 11 is 0. The SMILES string of the molecule is CCOc1ccc(S(=O)(=O)Nc2ccc(OCc3ccccc3)cc2)cc1OCC. The fourth-order valence-electron chi connectivity index (χ4n) is 2.77. The molecule has 0 heterocycles. The highest BCUT2D eigenvalue weighted by atomic mass is 32.2. The summed E-state index contributed by atoms with van der Waals surface area (Å²) in [5.41, 5.74) is 1.50. The van der Waals surface area contributed by atoms with Crippen LogP contribution in [0.15, 0.2) is 77.7 Å². The standard InChI is InChI=1S/C23H25NO5S/c1-3-27-22-15-14-21(16-23(22)28-4-2)30(25,26)24-19-10-12-20(13-11-19)29-17-18-8-6-5-7-9-18/h5-16,24H,3-4,17H2,1-2H3. The van der Waals surface area contributed by atoms with Gasteiger partial charge in [-0.1, -0.05) is 30.3 Å². The molecule has 0 fully saturated rings. The molecule has 0 amide bonds. The van der Waals surface area contributed by atoms with E-state index in [2.05, 4.69) is 4.72 Å². The molecule has 6 nitrogen and oxygen atoms in total. The lowest BCUT2D eigenvalue weighted by Gasteiger charge is -2.14. The predicted molar refractivity (Wildman–Crippen MR) is 117 cm³/mol. The summed E-state index contributed by atoms with van der Waals surface area (Å²) in [4.78, 5) is 0.0961. The largest absolute Gasteiger partial charge is 0.490 e. The Morgan fingerprint density at radius 3 is 2.10 bits per heavy atom. The highest BCUT2D eigenvalue weighted by Crippen LogP contribution is 2.31. The van der Waals surface area contributed by atoms with Crippen molar-refractivity contribution < 1.29 is 22.6 Å². The first-order chi connectivity index (χ1) is 14.5. The lowest BCUT2D eigenvalue weighted by atomic mass is 10.2. The van der Waals surface area contributed by atoms with E-state index in [1.165, 1.54) is 12.1 Å². The van der Waals surface area contributed by atoms with Crippen molar-refractivity contribution in [3.05, 3.63) is 78.4 Å². The first kappa shape index (κ1) is 21.5. The maximum atomic E-state index is 12.8. The van der Waals surface area contributed by atoms with Crippen LogP contribution < -0.4 is 18.9 Å². The topological polar surface area (TPSA) is 73.9 Å². The number of anilines is 1. The fourth-order valence-corrected chi connectivity index (χ4v) is 3.85. The van der Waals surface area contributed by atoms with Crippen molar-refractivity contribution in [3.8, 4) is 17.2 Å². The molecule has 0 radical (unpaired) electrons. The zero-order chi connectivity index (χ0) is 21.4. The Bertz CT molecular complexity index is 1050. The van der Waals surface area contributed by atoms with E-state index < -0.39 is 10.0 Å². The maximum absolute atomic E-state index is 12.8. The number of ether oxygens (including phenoxy) is 3. The van der Waals surface area contributed by atoms with Crippen molar-refractivity contribution in [3.63, 3.8) is 0 Å². The predicted octanol–water partition coefficient (Wildman–Crippen LogP) is 4.86. The Kier molecular flexibility index (Phi) is 7.19. The number of rotatable bonds is 10. The van der Waals surface area contributed by atoms with E-state index in [9.17, 15) is 8.42 Å². The van der Waals surface area contributed by atoms with E-state index in [0.29, 0.717) is 42.8 Å². The molecule has 0 aliphatic heterocycles. The molecule has 0 aliphatic rings. The van der Waals surface area contributed by atoms with Gasteiger partial charge in [0.05, 0.1) is 18.1 Å². The Morgan fingerprint density at radius 1 is 0.767 bits per heavy atom. The third kappa shape index (κ3) is 5.67. The minimum atomic E-state index is -3.78. The molecule has 0 saturated carbocycles. The van der Waals surface area contributed by atoms with E-state index in [1.54, 1.807) is 30.3 Å². The molecule has 1 N–H and O–H groups in total. The summed E-state index contributed by atoms with van der Waals surface area (Å²) in [7, 11) is -3.78. The van der Waals surface area contributed by atoms with Gasteiger partial charge in [0.2, 0.25) is 0 Å². The second-order valence-corrected chi connectivity index (χ2v) is 8.06. The summed E-state index contributed by atoms with van der Waals surface area (Å²) in [6.45, 7) is 4.99. The zero-order valence-electron chi connectivity index (χ0n) is 17.0. The first-order valence-corrected chi connectivity index (χ1v) is 11.2. The average molecular weight is 428 g/mol. The van der Waals surface area contributed by atoms with Crippen LogP contribution in [0.25, 0.3) is 0 Å². The van der Waals surface area contributed by atoms with Crippen molar-refractivity contribution in [2.24, 2.45) is 0 Å². The smallest absolute Gasteiger partial charge is 0.262 e. The van der Waals surface area contributed by atoms with Gasteiger partial charge in [0.25, 0.3) is 10.0 Å². The van der Waals surface area contributed by atoms with Gasteiger partial charge in [-0.3, -0.25) is 4.72 Å². The van der Waals surface area contributed by atoms with Crippen molar-refractivity contribution in [1.29, 1.82) is 0 Å². The molecule has 7 heteroatoms. The highest BCUT2D eigenvalue weighted by Gasteiger charge is 2.17. The van der Waals surface area contributed by atoms with Gasteiger partial charge in [-0.05, 0) is 55.8 Å². The maximum Gasteiger partial charge on any atom is 0.262 e. The van der Waals surface area contributed by atoms with Crippen molar-refractivity contribution in [2.45, 2.75) is 25.3 Å². The van der Waals surface area contributed by atoms with Crippen molar-refractivity contribution in [2.75, 3.05) is 17.9 Å². The van der Waals surface area contributed by atoms with Crippen molar-refractivity contribution in [1.82, 2.24) is 0 Å². The van der Waals surface area contributed by atoms with E-state index in [4.69, 9.17) is 14.2 Å². The van der Waals surface area contributed by atoms with E-state index >= 15 is 0 Å². The molecule has 0 saturated heterocycles. The van der Waals surface area contributed by atoms with E-state index in [-0.39, 0.29) is 4.90 Å². The van der Waals surface area contributed by atoms with Crippen LogP contribution in [-0.2, 0) is 16.6 Å². The molecule has 0 spiro atoms. The van der Waals surface area contributed by atoms with Crippen molar-refractivity contribution >= 4 is 15.7 Å². The van der Waals surface area contributed by atoms with Gasteiger partial charge in [0.15, 0.2) is 11.5 Å². The fraction of sp³-hybridized carbons (Fsp3) is 0.217. The van der Waals surface area contributed by atoms with Gasteiger partial charge >= 0.3 is 0 Å². The third-order valence-corrected chi connectivity index (χ3v) is 5.56. The van der Waals surface area contributed by atoms with Crippen LogP contribution in [0.1, 0.15) is 19.4 Å². The molecule has 0 atom stereocenters. The van der Waals surface area contributed by atoms with Gasteiger partial charge in [0, 0.05) is 11.8 Å². The normalized spacial score (nSPS) is 11.0. The van der Waals surface area contributed by atoms with Crippen LogP contribution in [0.4, 0.5) is 5.69 Å². The second kappa shape index (κ2) is 10.0. The summed E-state index contributed by atoms with van der Waals surface area (Å²) in [5, 5.41) is 0. The number of benzene rings is 3. The molecule has 0 aliphatic carbocycles. The minimum absolute atomic E-state index is 0.0961. The minimum Gasteiger partial charge on any atom is -0.490 e. The molecule has 30 heavy (non-hydrogen) atoms. The Morgan fingerprint density at radius 2 is 1.43 bits per heavy atom. The molecule has 0 bridgehead atoms. The quantitative estimate of drug-likeness (QED) is 0.500. The Balaban J connectivity index is 1.69. The number of sulfonamides is 1. The summed E-state index contributed by atoms with van der Waals surface area (Å²) < 4.78 is 44.9. The van der Waals surface area contributed by atoms with Gasteiger partial charge in [-0.2, -0.15) is 0 Å². The van der Waals surface area contributed by atoms with Crippen LogP contribution in [0.3, 0.4) is 0 Å². The number of hydrogen-bond acceptors (Lipinski definition) is 5. The van der Waals surface area contributed by atoms with Gasteiger partial charge < -0.3 is 14.2 Å². The molecule has 158 valence electrons. The monoisotopic (exact) mass is 427 g/mol. The highest BCUT2D eigenvalue weighted by molar-refractivity contribution is 7.92. The lowest BCUT2D eigenvalue weighted by Crippen LogP contribution is -2.13.